The maximum Gasteiger partial charge on any atom is 0.416 e. The Kier molecular flexibility index (Phi) is 3.62. The van der Waals surface area contributed by atoms with Gasteiger partial charge in [0.15, 0.2) is 0 Å². The molecule has 0 N–H and O–H groups in total. The SMILES string of the molecule is O=C(Oc1ccc(Cl)c(Cl)c1)N1[C@H]2CC[C@@H]1c1cncnc1C2. The van der Waals surface area contributed by atoms with Crippen LogP contribution in [0, 0.1) is 0 Å². The lowest BCUT2D eigenvalue weighted by molar-refractivity contribution is 0.122. The van der Waals surface area contributed by atoms with Crippen LogP contribution in [0.2, 0.25) is 10.0 Å². The highest BCUT2D eigenvalue weighted by molar-refractivity contribution is 6.42. The maximum atomic E-state index is 12.6. The van der Waals surface area contributed by atoms with E-state index >= 15 is 0 Å². The smallest absolute Gasteiger partial charge is 0.410 e. The number of amides is 1. The summed E-state index contributed by atoms with van der Waals surface area (Å²) in [6.07, 6.45) is 5.57. The Balaban J connectivity index is 1.59. The molecule has 2 aliphatic heterocycles. The number of halogens is 2. The predicted octanol–water partition coefficient (Wildman–Crippen LogP) is 4.04. The topological polar surface area (TPSA) is 55.3 Å². The summed E-state index contributed by atoms with van der Waals surface area (Å²) in [7, 11) is 0. The minimum atomic E-state index is -0.370. The van der Waals surface area contributed by atoms with Gasteiger partial charge in [0.25, 0.3) is 0 Å². The number of benzene rings is 1. The van der Waals surface area contributed by atoms with Gasteiger partial charge in [-0.3, -0.25) is 4.90 Å². The summed E-state index contributed by atoms with van der Waals surface area (Å²) in [5.41, 5.74) is 2.05. The van der Waals surface area contributed by atoms with Gasteiger partial charge >= 0.3 is 6.09 Å². The molecule has 1 fully saturated rings. The van der Waals surface area contributed by atoms with Gasteiger partial charge in [0.1, 0.15) is 12.1 Å². The number of ether oxygens (including phenoxy) is 1. The Hall–Kier alpha value is -1.85. The van der Waals surface area contributed by atoms with E-state index in [0.29, 0.717) is 15.8 Å². The molecule has 1 aromatic carbocycles. The largest absolute Gasteiger partial charge is 0.416 e. The van der Waals surface area contributed by atoms with Gasteiger partial charge in [0, 0.05) is 30.3 Å². The van der Waals surface area contributed by atoms with Crippen LogP contribution >= 0.6 is 23.2 Å². The summed E-state index contributed by atoms with van der Waals surface area (Å²) in [5, 5.41) is 0.785. The van der Waals surface area contributed by atoms with E-state index in [1.165, 1.54) is 0 Å². The van der Waals surface area contributed by atoms with Crippen LogP contribution in [0.4, 0.5) is 4.79 Å². The Morgan fingerprint density at radius 1 is 1.26 bits per heavy atom. The fraction of sp³-hybridized carbons (Fsp3) is 0.312. The van der Waals surface area contributed by atoms with Crippen LogP contribution in [0.25, 0.3) is 0 Å². The van der Waals surface area contributed by atoms with E-state index in [9.17, 15) is 4.79 Å². The lowest BCUT2D eigenvalue weighted by atomic mass is 10.00. The Morgan fingerprint density at radius 3 is 2.96 bits per heavy atom. The van der Waals surface area contributed by atoms with Gasteiger partial charge in [-0.25, -0.2) is 14.8 Å². The highest BCUT2D eigenvalue weighted by Crippen LogP contribution is 2.43. The van der Waals surface area contributed by atoms with Crippen molar-refractivity contribution in [3.05, 3.63) is 52.0 Å². The third kappa shape index (κ3) is 2.54. The summed E-state index contributed by atoms with van der Waals surface area (Å²) in [4.78, 5) is 22.8. The van der Waals surface area contributed by atoms with Crippen LogP contribution in [-0.4, -0.2) is 27.0 Å². The normalized spacial score (nSPS) is 21.9. The number of hydrogen-bond donors (Lipinski definition) is 0. The second kappa shape index (κ2) is 5.65. The monoisotopic (exact) mass is 349 g/mol. The molecule has 1 saturated heterocycles. The molecule has 0 radical (unpaired) electrons. The molecule has 0 spiro atoms. The number of carbonyl (C=O) groups excluding carboxylic acids is 1. The Labute approximate surface area is 143 Å². The zero-order chi connectivity index (χ0) is 16.0. The van der Waals surface area contributed by atoms with Crippen molar-refractivity contribution in [2.45, 2.75) is 31.3 Å². The number of hydrogen-bond acceptors (Lipinski definition) is 4. The van der Waals surface area contributed by atoms with Crippen molar-refractivity contribution < 1.29 is 9.53 Å². The van der Waals surface area contributed by atoms with Gasteiger partial charge in [0.05, 0.1) is 21.8 Å². The van der Waals surface area contributed by atoms with E-state index in [0.717, 1.165) is 30.5 Å². The molecule has 118 valence electrons. The van der Waals surface area contributed by atoms with Gasteiger partial charge < -0.3 is 4.74 Å². The summed E-state index contributed by atoms with van der Waals surface area (Å²) < 4.78 is 5.49. The van der Waals surface area contributed by atoms with Crippen LogP contribution < -0.4 is 4.74 Å². The number of aromatic nitrogens is 2. The zero-order valence-corrected chi connectivity index (χ0v) is 13.6. The Bertz CT molecular complexity index is 784. The first-order chi connectivity index (χ1) is 11.1. The van der Waals surface area contributed by atoms with Crippen molar-refractivity contribution in [1.82, 2.24) is 14.9 Å². The van der Waals surface area contributed by atoms with E-state index < -0.39 is 0 Å². The van der Waals surface area contributed by atoms with E-state index in [1.807, 2.05) is 0 Å². The van der Waals surface area contributed by atoms with Gasteiger partial charge in [-0.15, -0.1) is 0 Å². The van der Waals surface area contributed by atoms with Gasteiger partial charge in [-0.05, 0) is 25.0 Å². The van der Waals surface area contributed by atoms with Gasteiger partial charge in [-0.1, -0.05) is 23.2 Å². The first kappa shape index (κ1) is 14.7. The van der Waals surface area contributed by atoms with Crippen molar-refractivity contribution in [2.75, 3.05) is 0 Å². The van der Waals surface area contributed by atoms with Crippen molar-refractivity contribution in [3.8, 4) is 5.75 Å². The van der Waals surface area contributed by atoms with E-state index in [-0.39, 0.29) is 18.2 Å². The van der Waals surface area contributed by atoms with Crippen LogP contribution in [0.15, 0.2) is 30.7 Å². The molecule has 0 saturated carbocycles. The second-order valence-corrected chi connectivity index (χ2v) is 6.54. The minimum Gasteiger partial charge on any atom is -0.410 e. The van der Waals surface area contributed by atoms with E-state index in [2.05, 4.69) is 9.97 Å². The summed E-state index contributed by atoms with van der Waals surface area (Å²) in [6, 6.07) is 4.90. The molecule has 2 atom stereocenters. The van der Waals surface area contributed by atoms with Crippen molar-refractivity contribution in [2.24, 2.45) is 0 Å². The quantitative estimate of drug-likeness (QED) is 0.779. The third-order valence-electron chi connectivity index (χ3n) is 4.42. The van der Waals surface area contributed by atoms with E-state index in [1.54, 1.807) is 35.6 Å². The number of rotatable bonds is 1. The Morgan fingerprint density at radius 2 is 2.13 bits per heavy atom. The number of carbonyl (C=O) groups is 1. The standard InChI is InChI=1S/C16H13Cl2N3O2/c17-12-3-2-10(6-13(12)18)23-16(22)21-9-1-4-15(21)11-7-19-8-20-14(11)5-9/h2-3,6-9,15H,1,4-5H2/t9-,15+/m0/s1. The fourth-order valence-corrected chi connectivity index (χ4v) is 3.68. The first-order valence-electron chi connectivity index (χ1n) is 7.37. The molecule has 4 rings (SSSR count). The minimum absolute atomic E-state index is 0.0137. The molecular weight excluding hydrogens is 337 g/mol. The number of nitrogens with zero attached hydrogens (tertiary/aromatic N) is 3. The summed E-state index contributed by atoms with van der Waals surface area (Å²) >= 11 is 11.8. The summed E-state index contributed by atoms with van der Waals surface area (Å²) in [5.74, 6) is 0.388. The van der Waals surface area contributed by atoms with Crippen molar-refractivity contribution in [3.63, 3.8) is 0 Å². The van der Waals surface area contributed by atoms with Crippen molar-refractivity contribution in [1.29, 1.82) is 0 Å². The molecule has 0 unspecified atom stereocenters. The second-order valence-electron chi connectivity index (χ2n) is 5.73. The average molecular weight is 350 g/mol. The van der Waals surface area contributed by atoms with Crippen LogP contribution in [-0.2, 0) is 6.42 Å². The van der Waals surface area contributed by atoms with Crippen molar-refractivity contribution >= 4 is 29.3 Å². The summed E-state index contributed by atoms with van der Waals surface area (Å²) in [6.45, 7) is 0. The first-order valence-corrected chi connectivity index (χ1v) is 8.13. The maximum absolute atomic E-state index is 12.6. The lowest BCUT2D eigenvalue weighted by Gasteiger charge is -2.34. The van der Waals surface area contributed by atoms with Crippen LogP contribution in [0.1, 0.15) is 30.1 Å². The molecule has 0 aliphatic carbocycles. The molecule has 2 aromatic rings. The molecule has 2 aliphatic rings. The molecular formula is C16H13Cl2N3O2. The van der Waals surface area contributed by atoms with E-state index in [4.69, 9.17) is 27.9 Å². The molecule has 3 heterocycles. The van der Waals surface area contributed by atoms with Crippen LogP contribution in [0.5, 0.6) is 5.75 Å². The molecule has 23 heavy (non-hydrogen) atoms. The zero-order valence-electron chi connectivity index (χ0n) is 12.1. The number of fused-ring (bicyclic) bond motifs is 4. The van der Waals surface area contributed by atoms with Gasteiger partial charge in [-0.2, -0.15) is 0 Å². The average Bonchev–Trinajstić information content (AvgIpc) is 2.86. The predicted molar refractivity (Wildman–Crippen MR) is 85.8 cm³/mol. The highest BCUT2D eigenvalue weighted by atomic mass is 35.5. The molecule has 2 bridgehead atoms. The molecule has 1 amide bonds. The highest BCUT2D eigenvalue weighted by Gasteiger charge is 2.44. The van der Waals surface area contributed by atoms with Crippen LogP contribution in [0.3, 0.4) is 0 Å². The molecule has 7 heteroatoms. The fourth-order valence-electron chi connectivity index (χ4n) is 3.40. The van der Waals surface area contributed by atoms with Gasteiger partial charge in [0.2, 0.25) is 0 Å². The molecule has 1 aromatic heterocycles. The lowest BCUT2D eigenvalue weighted by Crippen LogP contribution is -2.43. The molecule has 5 nitrogen and oxygen atoms in total. The third-order valence-corrected chi connectivity index (χ3v) is 5.16.